The van der Waals surface area contributed by atoms with Gasteiger partial charge in [-0.15, -0.1) is 0 Å². The number of carboxylic acid groups (broad SMARTS) is 1. The smallest absolute Gasteiger partial charge is 0.335 e. The van der Waals surface area contributed by atoms with Crippen LogP contribution >= 0.6 is 0 Å². The number of aryl methyl sites for hydroxylation is 1. The highest BCUT2D eigenvalue weighted by Gasteiger charge is 2.15. The zero-order chi connectivity index (χ0) is 18.7. The van der Waals surface area contributed by atoms with E-state index in [1.165, 1.54) is 0 Å². The highest BCUT2D eigenvalue weighted by atomic mass is 16.4. The molecule has 5 nitrogen and oxygen atoms in total. The van der Waals surface area contributed by atoms with Crippen LogP contribution in [0.5, 0.6) is 0 Å². The number of benzene rings is 2. The third kappa shape index (κ3) is 3.58. The van der Waals surface area contributed by atoms with E-state index in [2.05, 4.69) is 34.1 Å². The molecule has 0 atom stereocenters. The summed E-state index contributed by atoms with van der Waals surface area (Å²) < 4.78 is 0. The fourth-order valence-corrected chi connectivity index (χ4v) is 3.26. The first-order valence-electron chi connectivity index (χ1n) is 8.87. The van der Waals surface area contributed by atoms with E-state index in [0.717, 1.165) is 52.7 Å². The molecule has 136 valence electrons. The van der Waals surface area contributed by atoms with Crippen LogP contribution in [0.3, 0.4) is 0 Å². The largest absolute Gasteiger partial charge is 0.478 e. The van der Waals surface area contributed by atoms with Crippen LogP contribution in [0.1, 0.15) is 28.8 Å². The number of nitrogens with two attached hydrogens (primary N) is 1. The molecule has 0 unspecified atom stereocenters. The topological polar surface area (TPSA) is 82.3 Å². The van der Waals surface area contributed by atoms with Crippen LogP contribution in [0.2, 0.25) is 0 Å². The number of aromatic amines is 1. The Morgan fingerprint density at radius 3 is 2.46 bits per heavy atom. The van der Waals surface area contributed by atoms with Gasteiger partial charge in [-0.3, -0.25) is 0 Å². The van der Waals surface area contributed by atoms with Crippen molar-refractivity contribution in [3.05, 3.63) is 53.6 Å². The fraction of sp³-hybridized carbons (Fsp3) is 0.286. The third-order valence-corrected chi connectivity index (χ3v) is 4.71. The van der Waals surface area contributed by atoms with Crippen LogP contribution in [0.15, 0.2) is 42.5 Å². The Morgan fingerprint density at radius 1 is 1.12 bits per heavy atom. The second-order valence-electron chi connectivity index (χ2n) is 6.73. The van der Waals surface area contributed by atoms with Gasteiger partial charge in [0, 0.05) is 36.4 Å². The van der Waals surface area contributed by atoms with Gasteiger partial charge in [0.1, 0.15) is 0 Å². The van der Waals surface area contributed by atoms with E-state index in [9.17, 15) is 9.90 Å². The number of hydrogen-bond acceptors (Lipinski definition) is 3. The first kappa shape index (κ1) is 18.0. The van der Waals surface area contributed by atoms with Crippen LogP contribution in [0, 0.1) is 0 Å². The van der Waals surface area contributed by atoms with Gasteiger partial charge in [-0.2, -0.15) is 0 Å². The lowest BCUT2D eigenvalue weighted by Crippen LogP contribution is -2.07. The van der Waals surface area contributed by atoms with Crippen molar-refractivity contribution < 1.29 is 9.90 Å². The van der Waals surface area contributed by atoms with Crippen molar-refractivity contribution in [2.24, 2.45) is 5.73 Å². The molecule has 0 radical (unpaired) electrons. The Balaban J connectivity index is 2.10. The SMILES string of the molecule is CN(C)c1ccc(-c2[nH]c3ccc(C(=O)O)cc3c2CCCCN)cc1. The minimum atomic E-state index is -0.905. The molecule has 3 rings (SSSR count). The van der Waals surface area contributed by atoms with Crippen LogP contribution in [-0.4, -0.2) is 36.7 Å². The van der Waals surface area contributed by atoms with Crippen molar-refractivity contribution in [3.8, 4) is 11.3 Å². The van der Waals surface area contributed by atoms with Gasteiger partial charge in [0.25, 0.3) is 0 Å². The minimum Gasteiger partial charge on any atom is -0.478 e. The average molecular weight is 351 g/mol. The van der Waals surface area contributed by atoms with E-state index in [0.29, 0.717) is 12.1 Å². The first-order chi connectivity index (χ1) is 12.5. The van der Waals surface area contributed by atoms with E-state index in [4.69, 9.17) is 5.73 Å². The molecule has 1 heterocycles. The lowest BCUT2D eigenvalue weighted by atomic mass is 9.99. The molecular weight excluding hydrogens is 326 g/mol. The molecule has 0 aliphatic rings. The summed E-state index contributed by atoms with van der Waals surface area (Å²) >= 11 is 0. The third-order valence-electron chi connectivity index (χ3n) is 4.71. The molecule has 0 spiro atoms. The van der Waals surface area contributed by atoms with Crippen molar-refractivity contribution in [1.82, 2.24) is 4.98 Å². The van der Waals surface area contributed by atoms with Gasteiger partial charge < -0.3 is 20.7 Å². The number of nitrogens with one attached hydrogen (secondary N) is 1. The van der Waals surface area contributed by atoms with Gasteiger partial charge in [-0.25, -0.2) is 4.79 Å². The second-order valence-corrected chi connectivity index (χ2v) is 6.73. The number of fused-ring (bicyclic) bond motifs is 1. The summed E-state index contributed by atoms with van der Waals surface area (Å²) in [6.07, 6.45) is 2.79. The number of unbranched alkanes of at least 4 members (excludes halogenated alkanes) is 1. The average Bonchev–Trinajstić information content (AvgIpc) is 3.00. The van der Waals surface area contributed by atoms with E-state index >= 15 is 0 Å². The van der Waals surface area contributed by atoms with Gasteiger partial charge in [-0.1, -0.05) is 12.1 Å². The molecule has 0 saturated carbocycles. The first-order valence-corrected chi connectivity index (χ1v) is 8.87. The number of anilines is 1. The van der Waals surface area contributed by atoms with Crippen molar-refractivity contribution in [3.63, 3.8) is 0 Å². The maximum absolute atomic E-state index is 11.4. The maximum Gasteiger partial charge on any atom is 0.335 e. The predicted octanol–water partition coefficient (Wildman–Crippen LogP) is 3.88. The van der Waals surface area contributed by atoms with Crippen molar-refractivity contribution >= 4 is 22.6 Å². The lowest BCUT2D eigenvalue weighted by Gasteiger charge is -2.13. The molecule has 0 bridgehead atoms. The Morgan fingerprint density at radius 2 is 1.85 bits per heavy atom. The van der Waals surface area contributed by atoms with E-state index in [-0.39, 0.29) is 0 Å². The number of hydrogen-bond donors (Lipinski definition) is 3. The molecule has 0 aliphatic carbocycles. The van der Waals surface area contributed by atoms with E-state index < -0.39 is 5.97 Å². The van der Waals surface area contributed by atoms with Crippen LogP contribution in [-0.2, 0) is 6.42 Å². The molecule has 0 fully saturated rings. The van der Waals surface area contributed by atoms with Gasteiger partial charge in [0.15, 0.2) is 0 Å². The maximum atomic E-state index is 11.4. The summed E-state index contributed by atoms with van der Waals surface area (Å²) in [4.78, 5) is 16.9. The number of aromatic nitrogens is 1. The monoisotopic (exact) mass is 351 g/mol. The van der Waals surface area contributed by atoms with E-state index in [1.54, 1.807) is 12.1 Å². The zero-order valence-corrected chi connectivity index (χ0v) is 15.2. The molecule has 0 aliphatic heterocycles. The minimum absolute atomic E-state index is 0.311. The highest BCUT2D eigenvalue weighted by molar-refractivity contribution is 5.97. The van der Waals surface area contributed by atoms with Gasteiger partial charge in [-0.05, 0) is 67.3 Å². The number of rotatable bonds is 7. The number of H-pyrrole nitrogens is 1. The number of carbonyl (C=O) groups is 1. The summed E-state index contributed by atoms with van der Waals surface area (Å²) in [5, 5.41) is 10.3. The quantitative estimate of drug-likeness (QED) is 0.564. The number of carboxylic acids is 1. The Kier molecular flexibility index (Phi) is 5.28. The molecule has 1 aromatic heterocycles. The highest BCUT2D eigenvalue weighted by Crippen LogP contribution is 2.33. The van der Waals surface area contributed by atoms with Crippen molar-refractivity contribution in [2.45, 2.75) is 19.3 Å². The number of nitrogens with zero attached hydrogens (tertiary/aromatic N) is 1. The molecule has 4 N–H and O–H groups in total. The van der Waals surface area contributed by atoms with E-state index in [1.807, 2.05) is 20.2 Å². The summed E-state index contributed by atoms with van der Waals surface area (Å²) in [6.45, 7) is 0.662. The number of aromatic carboxylic acids is 1. The molecule has 3 aromatic rings. The van der Waals surface area contributed by atoms with Gasteiger partial charge in [0.05, 0.1) is 5.56 Å². The van der Waals surface area contributed by atoms with Gasteiger partial charge in [0.2, 0.25) is 0 Å². The Labute approximate surface area is 153 Å². The molecular formula is C21H25N3O2. The molecule has 0 saturated heterocycles. The Bertz CT molecular complexity index is 911. The van der Waals surface area contributed by atoms with Gasteiger partial charge >= 0.3 is 5.97 Å². The molecule has 26 heavy (non-hydrogen) atoms. The predicted molar refractivity (Wildman–Crippen MR) is 107 cm³/mol. The lowest BCUT2D eigenvalue weighted by molar-refractivity contribution is 0.0697. The van der Waals surface area contributed by atoms with Crippen LogP contribution in [0.4, 0.5) is 5.69 Å². The summed E-state index contributed by atoms with van der Waals surface area (Å²) in [6, 6.07) is 13.6. The fourth-order valence-electron chi connectivity index (χ4n) is 3.26. The zero-order valence-electron chi connectivity index (χ0n) is 15.2. The van der Waals surface area contributed by atoms with Crippen LogP contribution < -0.4 is 10.6 Å². The standard InChI is InChI=1S/C21H25N3O2/c1-24(2)16-9-6-14(7-10-16)20-17(5-3-4-12-22)18-13-15(21(25)26)8-11-19(18)23-20/h6-11,13,23H,3-5,12,22H2,1-2H3,(H,25,26). The molecule has 2 aromatic carbocycles. The normalized spacial score (nSPS) is 11.0. The summed E-state index contributed by atoms with van der Waals surface area (Å²) in [5.41, 5.74) is 11.4. The summed E-state index contributed by atoms with van der Waals surface area (Å²) in [7, 11) is 4.03. The molecule has 0 amide bonds. The van der Waals surface area contributed by atoms with Crippen molar-refractivity contribution in [2.75, 3.05) is 25.5 Å². The van der Waals surface area contributed by atoms with Crippen molar-refractivity contribution in [1.29, 1.82) is 0 Å². The van der Waals surface area contributed by atoms with Crippen LogP contribution in [0.25, 0.3) is 22.2 Å². The Hall–Kier alpha value is -2.79. The second kappa shape index (κ2) is 7.62. The molecule has 5 heteroatoms. The summed E-state index contributed by atoms with van der Waals surface area (Å²) in [5.74, 6) is -0.905.